The molecule has 2 rings (SSSR count). The summed E-state index contributed by atoms with van der Waals surface area (Å²) in [7, 11) is 0. The van der Waals surface area contributed by atoms with E-state index in [0.717, 1.165) is 3.57 Å². The summed E-state index contributed by atoms with van der Waals surface area (Å²) in [6.07, 6.45) is 0. The van der Waals surface area contributed by atoms with Crippen LogP contribution < -0.4 is 5.69 Å². The molecular formula is C11H7IN2O3. The van der Waals surface area contributed by atoms with Crippen molar-refractivity contribution in [2.24, 2.45) is 0 Å². The smallest absolute Gasteiger partial charge is 0.352 e. The van der Waals surface area contributed by atoms with Crippen molar-refractivity contribution < 1.29 is 9.90 Å². The van der Waals surface area contributed by atoms with Gasteiger partial charge in [0, 0.05) is 9.13 Å². The summed E-state index contributed by atoms with van der Waals surface area (Å²) >= 11 is 2.16. The van der Waals surface area contributed by atoms with Gasteiger partial charge in [0.25, 0.3) is 0 Å². The maximum atomic E-state index is 11.2. The van der Waals surface area contributed by atoms with Gasteiger partial charge in [-0.2, -0.15) is 4.98 Å². The number of H-pyrrole nitrogens is 1. The number of hydrogen-bond donors (Lipinski definition) is 2. The van der Waals surface area contributed by atoms with Gasteiger partial charge in [0.05, 0.1) is 5.69 Å². The van der Waals surface area contributed by atoms with Crippen LogP contribution in [0, 0.1) is 3.57 Å². The van der Waals surface area contributed by atoms with E-state index in [4.69, 9.17) is 5.11 Å². The molecule has 1 aromatic heterocycles. The van der Waals surface area contributed by atoms with Gasteiger partial charge in [0.15, 0.2) is 0 Å². The van der Waals surface area contributed by atoms with E-state index in [1.807, 2.05) is 12.1 Å². The van der Waals surface area contributed by atoms with Crippen LogP contribution in [0.4, 0.5) is 0 Å². The number of nitrogens with one attached hydrogen (secondary N) is 1. The topological polar surface area (TPSA) is 83.0 Å². The molecule has 0 saturated heterocycles. The van der Waals surface area contributed by atoms with Crippen LogP contribution in [0.3, 0.4) is 0 Å². The number of carboxylic acids is 1. The van der Waals surface area contributed by atoms with Crippen LogP contribution in [0.5, 0.6) is 0 Å². The van der Waals surface area contributed by atoms with Crippen molar-refractivity contribution in [2.75, 3.05) is 0 Å². The van der Waals surface area contributed by atoms with Crippen LogP contribution in [-0.2, 0) is 0 Å². The van der Waals surface area contributed by atoms with E-state index < -0.39 is 11.7 Å². The van der Waals surface area contributed by atoms with Crippen LogP contribution >= 0.6 is 22.6 Å². The highest BCUT2D eigenvalue weighted by Crippen LogP contribution is 2.17. The van der Waals surface area contributed by atoms with E-state index in [2.05, 4.69) is 32.6 Å². The number of hydrogen-bond acceptors (Lipinski definition) is 3. The molecule has 0 aliphatic carbocycles. The summed E-state index contributed by atoms with van der Waals surface area (Å²) in [6.45, 7) is 0. The zero-order valence-corrected chi connectivity index (χ0v) is 10.6. The van der Waals surface area contributed by atoms with Gasteiger partial charge in [-0.3, -0.25) is 4.98 Å². The summed E-state index contributed by atoms with van der Waals surface area (Å²) in [6, 6.07) is 8.63. The van der Waals surface area contributed by atoms with Crippen molar-refractivity contribution in [1.29, 1.82) is 0 Å². The van der Waals surface area contributed by atoms with Gasteiger partial charge < -0.3 is 5.11 Å². The van der Waals surface area contributed by atoms with Crippen molar-refractivity contribution in [1.82, 2.24) is 9.97 Å². The lowest BCUT2D eigenvalue weighted by Crippen LogP contribution is -2.16. The number of rotatable bonds is 2. The second-order valence-corrected chi connectivity index (χ2v) is 4.54. The highest BCUT2D eigenvalue weighted by Gasteiger charge is 2.08. The van der Waals surface area contributed by atoms with Crippen LogP contribution in [0.1, 0.15) is 10.5 Å². The van der Waals surface area contributed by atoms with E-state index in [0.29, 0.717) is 11.3 Å². The minimum absolute atomic E-state index is 0.168. The average Bonchev–Trinajstić information content (AvgIpc) is 2.29. The molecule has 1 heterocycles. The Morgan fingerprint density at radius 2 is 1.94 bits per heavy atom. The maximum absolute atomic E-state index is 11.2. The molecule has 0 bridgehead atoms. The Hall–Kier alpha value is -1.70. The number of aromatic nitrogens is 2. The molecule has 2 N–H and O–H groups in total. The summed E-state index contributed by atoms with van der Waals surface area (Å²) in [5.41, 5.74) is 0.221. The highest BCUT2D eigenvalue weighted by atomic mass is 127. The number of carbonyl (C=O) groups is 1. The minimum Gasteiger partial charge on any atom is -0.477 e. The molecule has 0 spiro atoms. The second-order valence-electron chi connectivity index (χ2n) is 3.30. The number of carboxylic acid groups (broad SMARTS) is 1. The Bertz CT molecular complexity index is 619. The summed E-state index contributed by atoms with van der Waals surface area (Å²) in [5, 5.41) is 8.83. The van der Waals surface area contributed by atoms with Gasteiger partial charge in [-0.25, -0.2) is 9.59 Å². The van der Waals surface area contributed by atoms with Gasteiger partial charge in [-0.05, 0) is 40.8 Å². The molecule has 5 nitrogen and oxygen atoms in total. The number of aromatic carboxylic acids is 1. The number of nitrogens with zero attached hydrogens (tertiary/aromatic N) is 1. The van der Waals surface area contributed by atoms with Crippen LogP contribution in [0.2, 0.25) is 0 Å². The SMILES string of the molecule is O=C(O)c1cc(-c2ccc(I)cc2)nc(=O)[nH]1. The van der Waals surface area contributed by atoms with E-state index in [-0.39, 0.29) is 5.69 Å². The third-order valence-electron chi connectivity index (χ3n) is 2.12. The summed E-state index contributed by atoms with van der Waals surface area (Å²) in [4.78, 5) is 27.9. The van der Waals surface area contributed by atoms with Crippen molar-refractivity contribution in [3.8, 4) is 11.3 Å². The van der Waals surface area contributed by atoms with E-state index >= 15 is 0 Å². The van der Waals surface area contributed by atoms with Crippen LogP contribution in [0.15, 0.2) is 35.1 Å². The first-order valence-electron chi connectivity index (χ1n) is 4.67. The lowest BCUT2D eigenvalue weighted by Gasteiger charge is -2.01. The van der Waals surface area contributed by atoms with Gasteiger partial charge in [-0.15, -0.1) is 0 Å². The molecule has 0 radical (unpaired) electrons. The standard InChI is InChI=1S/C11H7IN2O3/c12-7-3-1-6(2-4-7)8-5-9(10(15)16)14-11(17)13-8/h1-5H,(H,15,16)(H,13,14,17). The Balaban J connectivity index is 2.55. The first kappa shape index (κ1) is 11.8. The predicted molar refractivity (Wildman–Crippen MR) is 70.0 cm³/mol. The normalized spacial score (nSPS) is 10.2. The van der Waals surface area contributed by atoms with Crippen LogP contribution in [0.25, 0.3) is 11.3 Å². The second kappa shape index (κ2) is 4.66. The average molecular weight is 342 g/mol. The third kappa shape index (κ3) is 2.70. The number of benzene rings is 1. The molecule has 17 heavy (non-hydrogen) atoms. The molecule has 2 aromatic rings. The highest BCUT2D eigenvalue weighted by molar-refractivity contribution is 14.1. The predicted octanol–water partition coefficient (Wildman–Crippen LogP) is 1.74. The van der Waals surface area contributed by atoms with Gasteiger partial charge in [-0.1, -0.05) is 12.1 Å². The zero-order valence-electron chi connectivity index (χ0n) is 8.48. The molecular weight excluding hydrogens is 335 g/mol. The van der Waals surface area contributed by atoms with Gasteiger partial charge >= 0.3 is 11.7 Å². The third-order valence-corrected chi connectivity index (χ3v) is 2.83. The Morgan fingerprint density at radius 1 is 1.29 bits per heavy atom. The lowest BCUT2D eigenvalue weighted by molar-refractivity contribution is 0.0690. The molecule has 0 aliphatic rings. The summed E-state index contributed by atoms with van der Waals surface area (Å²) in [5.74, 6) is -1.18. The monoisotopic (exact) mass is 342 g/mol. The number of aromatic amines is 1. The fourth-order valence-electron chi connectivity index (χ4n) is 1.34. The first-order valence-corrected chi connectivity index (χ1v) is 5.75. The molecule has 0 unspecified atom stereocenters. The van der Waals surface area contributed by atoms with Crippen molar-refractivity contribution >= 4 is 28.6 Å². The molecule has 0 atom stereocenters. The lowest BCUT2D eigenvalue weighted by atomic mass is 10.1. The molecule has 0 aliphatic heterocycles. The Labute approximate surface area is 110 Å². The Morgan fingerprint density at radius 3 is 2.53 bits per heavy atom. The fourth-order valence-corrected chi connectivity index (χ4v) is 1.70. The van der Waals surface area contributed by atoms with E-state index in [1.54, 1.807) is 12.1 Å². The van der Waals surface area contributed by atoms with Gasteiger partial charge in [0.2, 0.25) is 0 Å². The molecule has 86 valence electrons. The molecule has 6 heteroatoms. The van der Waals surface area contributed by atoms with Crippen LogP contribution in [-0.4, -0.2) is 21.0 Å². The van der Waals surface area contributed by atoms with E-state index in [1.165, 1.54) is 6.07 Å². The number of halogens is 1. The molecule has 0 saturated carbocycles. The fraction of sp³-hybridized carbons (Fsp3) is 0. The molecule has 0 amide bonds. The minimum atomic E-state index is -1.18. The first-order chi connectivity index (χ1) is 8.06. The zero-order chi connectivity index (χ0) is 12.4. The largest absolute Gasteiger partial charge is 0.477 e. The Kier molecular flexibility index (Phi) is 3.23. The van der Waals surface area contributed by atoms with Crippen molar-refractivity contribution in [3.05, 3.63) is 50.1 Å². The molecule has 1 aromatic carbocycles. The van der Waals surface area contributed by atoms with Crippen molar-refractivity contribution in [2.45, 2.75) is 0 Å². The van der Waals surface area contributed by atoms with Crippen molar-refractivity contribution in [3.63, 3.8) is 0 Å². The van der Waals surface area contributed by atoms with E-state index in [9.17, 15) is 9.59 Å². The molecule has 0 fully saturated rings. The quantitative estimate of drug-likeness (QED) is 0.815. The summed E-state index contributed by atoms with van der Waals surface area (Å²) < 4.78 is 1.05. The maximum Gasteiger partial charge on any atom is 0.352 e. The van der Waals surface area contributed by atoms with Gasteiger partial charge in [0.1, 0.15) is 5.69 Å².